The van der Waals surface area contributed by atoms with E-state index in [0.29, 0.717) is 19.7 Å². The normalized spacial score (nSPS) is 17.6. The first-order valence-corrected chi connectivity index (χ1v) is 6.14. The van der Waals surface area contributed by atoms with Crippen molar-refractivity contribution in [1.82, 2.24) is 10.2 Å². The molecule has 1 aliphatic heterocycles. The van der Waals surface area contributed by atoms with E-state index in [1.165, 1.54) is 0 Å². The van der Waals surface area contributed by atoms with Gasteiger partial charge in [-0.05, 0) is 32.4 Å². The highest BCUT2D eigenvalue weighted by Gasteiger charge is 2.19. The van der Waals surface area contributed by atoms with E-state index >= 15 is 0 Å². The van der Waals surface area contributed by atoms with Crippen LogP contribution in [0.5, 0.6) is 0 Å². The van der Waals surface area contributed by atoms with Crippen LogP contribution in [0.25, 0.3) is 0 Å². The van der Waals surface area contributed by atoms with Gasteiger partial charge >= 0.3 is 0 Å². The lowest BCUT2D eigenvalue weighted by Crippen LogP contribution is -2.41. The molecule has 17 heavy (non-hydrogen) atoms. The van der Waals surface area contributed by atoms with Crippen LogP contribution in [0.4, 0.5) is 0 Å². The second-order valence-electron chi connectivity index (χ2n) is 4.38. The topological polar surface area (TPSA) is 65.4 Å². The van der Waals surface area contributed by atoms with Gasteiger partial charge in [0, 0.05) is 26.2 Å². The summed E-state index contributed by atoms with van der Waals surface area (Å²) < 4.78 is 4.91. The summed E-state index contributed by atoms with van der Waals surface area (Å²) in [4.78, 5) is 13.7. The fourth-order valence-electron chi connectivity index (χ4n) is 1.92. The number of hydrogen-bond donors (Lipinski definition) is 1. The first-order chi connectivity index (χ1) is 8.26. The standard InChI is InChI=1S/C12H21N3O2/c1-17-8-2-5-14-12(16)10-15-6-3-11(9-13)4-7-15/h11H,2-8,10H2,1H3,(H,14,16). The Balaban J connectivity index is 2.09. The average molecular weight is 239 g/mol. The molecule has 5 heteroatoms. The molecule has 0 aromatic rings. The number of nitriles is 1. The molecular weight excluding hydrogens is 218 g/mol. The summed E-state index contributed by atoms with van der Waals surface area (Å²) >= 11 is 0. The first-order valence-electron chi connectivity index (χ1n) is 6.14. The third kappa shape index (κ3) is 5.66. The SMILES string of the molecule is COCCCNC(=O)CN1CCC(C#N)CC1. The number of ether oxygens (including phenoxy) is 1. The molecule has 1 rings (SSSR count). The molecular formula is C12H21N3O2. The second-order valence-corrected chi connectivity index (χ2v) is 4.38. The van der Waals surface area contributed by atoms with Gasteiger partial charge in [-0.1, -0.05) is 0 Å². The highest BCUT2D eigenvalue weighted by Crippen LogP contribution is 2.15. The number of nitrogens with one attached hydrogen (secondary N) is 1. The highest BCUT2D eigenvalue weighted by molar-refractivity contribution is 5.77. The van der Waals surface area contributed by atoms with Crippen LogP contribution in [-0.2, 0) is 9.53 Å². The number of nitrogens with zero attached hydrogens (tertiary/aromatic N) is 2. The molecule has 5 nitrogen and oxygen atoms in total. The van der Waals surface area contributed by atoms with E-state index in [4.69, 9.17) is 10.00 Å². The number of amides is 1. The molecule has 0 atom stereocenters. The summed E-state index contributed by atoms with van der Waals surface area (Å²) in [5.41, 5.74) is 0. The lowest BCUT2D eigenvalue weighted by atomic mass is 9.99. The third-order valence-electron chi connectivity index (χ3n) is 2.98. The summed E-state index contributed by atoms with van der Waals surface area (Å²) in [6.07, 6.45) is 2.61. The van der Waals surface area contributed by atoms with Crippen molar-refractivity contribution in [2.45, 2.75) is 19.3 Å². The van der Waals surface area contributed by atoms with Crippen molar-refractivity contribution >= 4 is 5.91 Å². The molecule has 0 aliphatic carbocycles. The quantitative estimate of drug-likeness (QED) is 0.680. The maximum Gasteiger partial charge on any atom is 0.234 e. The van der Waals surface area contributed by atoms with Crippen LogP contribution in [0, 0.1) is 17.2 Å². The van der Waals surface area contributed by atoms with Gasteiger partial charge in [0.05, 0.1) is 12.6 Å². The molecule has 0 spiro atoms. The minimum atomic E-state index is 0.0662. The van der Waals surface area contributed by atoms with Crippen LogP contribution >= 0.6 is 0 Å². The zero-order valence-corrected chi connectivity index (χ0v) is 10.4. The van der Waals surface area contributed by atoms with Crippen molar-refractivity contribution in [3.05, 3.63) is 0 Å². The van der Waals surface area contributed by atoms with Gasteiger partial charge in [0.25, 0.3) is 0 Å². The summed E-state index contributed by atoms with van der Waals surface area (Å²) in [7, 11) is 1.65. The predicted molar refractivity (Wildman–Crippen MR) is 64.3 cm³/mol. The van der Waals surface area contributed by atoms with Crippen molar-refractivity contribution in [2.75, 3.05) is 39.9 Å². The molecule has 1 saturated heterocycles. The molecule has 0 aromatic carbocycles. The summed E-state index contributed by atoms with van der Waals surface area (Å²) in [6.45, 7) is 3.49. The molecule has 0 bridgehead atoms. The largest absolute Gasteiger partial charge is 0.385 e. The van der Waals surface area contributed by atoms with Crippen molar-refractivity contribution < 1.29 is 9.53 Å². The Morgan fingerprint density at radius 1 is 1.53 bits per heavy atom. The number of piperidine rings is 1. The predicted octanol–water partition coefficient (Wildman–Crippen LogP) is 0.375. The number of hydrogen-bond acceptors (Lipinski definition) is 4. The van der Waals surface area contributed by atoms with Crippen LogP contribution in [0.15, 0.2) is 0 Å². The number of carbonyl (C=O) groups is 1. The summed E-state index contributed by atoms with van der Waals surface area (Å²) in [6, 6.07) is 2.28. The van der Waals surface area contributed by atoms with Gasteiger partial charge in [-0.3, -0.25) is 9.69 Å². The van der Waals surface area contributed by atoms with Crippen molar-refractivity contribution in [1.29, 1.82) is 5.26 Å². The van der Waals surface area contributed by atoms with E-state index < -0.39 is 0 Å². The zero-order chi connectivity index (χ0) is 12.5. The third-order valence-corrected chi connectivity index (χ3v) is 2.98. The van der Waals surface area contributed by atoms with Crippen LogP contribution in [0.1, 0.15) is 19.3 Å². The van der Waals surface area contributed by atoms with Gasteiger partial charge in [-0.25, -0.2) is 0 Å². The van der Waals surface area contributed by atoms with E-state index in [1.54, 1.807) is 7.11 Å². The molecule has 0 aromatic heterocycles. The van der Waals surface area contributed by atoms with Crippen molar-refractivity contribution in [3.8, 4) is 6.07 Å². The zero-order valence-electron chi connectivity index (χ0n) is 10.4. The van der Waals surface area contributed by atoms with Crippen LogP contribution in [0.2, 0.25) is 0 Å². The Bertz CT molecular complexity index is 267. The van der Waals surface area contributed by atoms with Gasteiger partial charge in [-0.15, -0.1) is 0 Å². The van der Waals surface area contributed by atoms with Crippen LogP contribution in [-0.4, -0.2) is 50.7 Å². The van der Waals surface area contributed by atoms with E-state index in [0.717, 1.165) is 32.4 Å². The smallest absolute Gasteiger partial charge is 0.234 e. The fourth-order valence-corrected chi connectivity index (χ4v) is 1.92. The lowest BCUT2D eigenvalue weighted by Gasteiger charge is -2.28. The van der Waals surface area contributed by atoms with E-state index in [-0.39, 0.29) is 11.8 Å². The fraction of sp³-hybridized carbons (Fsp3) is 0.833. The molecule has 1 aliphatic rings. The molecule has 1 heterocycles. The van der Waals surface area contributed by atoms with E-state index in [2.05, 4.69) is 16.3 Å². The molecule has 1 fully saturated rings. The molecule has 0 radical (unpaired) electrons. The van der Waals surface area contributed by atoms with Gasteiger partial charge in [0.15, 0.2) is 0 Å². The Hall–Kier alpha value is -1.12. The Morgan fingerprint density at radius 3 is 2.82 bits per heavy atom. The maximum atomic E-state index is 11.6. The van der Waals surface area contributed by atoms with Crippen molar-refractivity contribution in [2.24, 2.45) is 5.92 Å². The number of rotatable bonds is 6. The molecule has 1 amide bonds. The van der Waals surface area contributed by atoms with Crippen LogP contribution < -0.4 is 5.32 Å². The van der Waals surface area contributed by atoms with Crippen molar-refractivity contribution in [3.63, 3.8) is 0 Å². The van der Waals surface area contributed by atoms with Crippen LogP contribution in [0.3, 0.4) is 0 Å². The minimum Gasteiger partial charge on any atom is -0.385 e. The molecule has 1 N–H and O–H groups in total. The van der Waals surface area contributed by atoms with Gasteiger partial charge in [-0.2, -0.15) is 5.26 Å². The average Bonchev–Trinajstić information content (AvgIpc) is 2.36. The van der Waals surface area contributed by atoms with E-state index in [9.17, 15) is 4.79 Å². The molecule has 96 valence electrons. The molecule has 0 unspecified atom stereocenters. The number of likely N-dealkylation sites (tertiary alicyclic amines) is 1. The summed E-state index contributed by atoms with van der Waals surface area (Å²) in [5.74, 6) is 0.243. The molecule has 0 saturated carbocycles. The monoisotopic (exact) mass is 239 g/mol. The Morgan fingerprint density at radius 2 is 2.24 bits per heavy atom. The highest BCUT2D eigenvalue weighted by atomic mass is 16.5. The minimum absolute atomic E-state index is 0.0662. The maximum absolute atomic E-state index is 11.6. The summed E-state index contributed by atoms with van der Waals surface area (Å²) in [5, 5.41) is 11.6. The Kier molecular flexibility index (Phi) is 6.60. The van der Waals surface area contributed by atoms with E-state index in [1.807, 2.05) is 0 Å². The number of methoxy groups -OCH3 is 1. The number of carbonyl (C=O) groups excluding carboxylic acids is 1. The second kappa shape index (κ2) is 8.04. The first kappa shape index (κ1) is 13.9. The van der Waals surface area contributed by atoms with Gasteiger partial charge < -0.3 is 10.1 Å². The van der Waals surface area contributed by atoms with Gasteiger partial charge in [0.2, 0.25) is 5.91 Å². The lowest BCUT2D eigenvalue weighted by molar-refractivity contribution is -0.122. The van der Waals surface area contributed by atoms with Gasteiger partial charge in [0.1, 0.15) is 0 Å². The Labute approximate surface area is 103 Å².